The van der Waals surface area contributed by atoms with E-state index in [9.17, 15) is 5.11 Å². The Morgan fingerprint density at radius 1 is 1.20 bits per heavy atom. The average Bonchev–Trinajstić information content (AvgIpc) is 3.35. The van der Waals surface area contributed by atoms with Crippen LogP contribution in [-0.4, -0.2) is 48.6 Å². The van der Waals surface area contributed by atoms with Gasteiger partial charge in [0, 0.05) is 23.7 Å². The van der Waals surface area contributed by atoms with Gasteiger partial charge in [0.05, 0.1) is 17.3 Å². The number of aliphatic hydroxyl groups excluding tert-OH is 1. The van der Waals surface area contributed by atoms with Gasteiger partial charge in [0.1, 0.15) is 5.82 Å². The van der Waals surface area contributed by atoms with Gasteiger partial charge in [-0.15, -0.1) is 5.10 Å². The molecule has 1 saturated carbocycles. The molecule has 8 heteroatoms. The highest BCUT2D eigenvalue weighted by Crippen LogP contribution is 2.28. The van der Waals surface area contributed by atoms with Crippen LogP contribution in [0.5, 0.6) is 0 Å². The third kappa shape index (κ3) is 3.37. The van der Waals surface area contributed by atoms with E-state index in [4.69, 9.17) is 10.1 Å². The number of nitrogens with one attached hydrogen (secondary N) is 2. The van der Waals surface area contributed by atoms with Gasteiger partial charge in [-0.25, -0.2) is 0 Å². The number of aliphatic hydroxyl groups is 1. The van der Waals surface area contributed by atoms with Crippen molar-refractivity contribution in [2.75, 3.05) is 16.8 Å². The molecule has 0 spiro atoms. The molecule has 5 rings (SSSR count). The van der Waals surface area contributed by atoms with Gasteiger partial charge < -0.3 is 15.3 Å². The minimum atomic E-state index is -0.161. The highest BCUT2D eigenvalue weighted by molar-refractivity contribution is 5.85. The fourth-order valence-electron chi connectivity index (χ4n) is 4.30. The Morgan fingerprint density at radius 2 is 2.03 bits per heavy atom. The Bertz CT molecular complexity index is 1170. The van der Waals surface area contributed by atoms with E-state index in [-0.39, 0.29) is 6.10 Å². The van der Waals surface area contributed by atoms with Crippen molar-refractivity contribution in [1.82, 2.24) is 24.8 Å². The van der Waals surface area contributed by atoms with E-state index in [1.165, 1.54) is 0 Å². The lowest BCUT2D eigenvalue weighted by molar-refractivity contribution is 0.126. The van der Waals surface area contributed by atoms with Crippen LogP contribution in [0, 0.1) is 6.92 Å². The molecule has 1 fully saturated rings. The highest BCUT2D eigenvalue weighted by Gasteiger charge is 2.21. The summed E-state index contributed by atoms with van der Waals surface area (Å²) in [5.74, 6) is 1.60. The Hall–Kier alpha value is -3.13. The van der Waals surface area contributed by atoms with Gasteiger partial charge in [-0.05, 0) is 69.9 Å². The molecule has 0 radical (unpaired) electrons. The van der Waals surface area contributed by atoms with Crippen LogP contribution in [0.2, 0.25) is 0 Å². The lowest BCUT2D eigenvalue weighted by atomic mass is 9.93. The summed E-state index contributed by atoms with van der Waals surface area (Å²) in [5, 5.41) is 26.7. The summed E-state index contributed by atoms with van der Waals surface area (Å²) in [6.45, 7) is 4.85. The van der Waals surface area contributed by atoms with Crippen molar-refractivity contribution >= 4 is 34.0 Å². The summed E-state index contributed by atoms with van der Waals surface area (Å²) in [5.41, 5.74) is 3.84. The van der Waals surface area contributed by atoms with Gasteiger partial charge in [0.15, 0.2) is 5.65 Å². The van der Waals surface area contributed by atoms with Crippen LogP contribution in [0.1, 0.15) is 38.3 Å². The molecule has 0 saturated heterocycles. The number of aromatic amines is 1. The molecule has 0 amide bonds. The van der Waals surface area contributed by atoms with Gasteiger partial charge in [-0.1, -0.05) is 6.07 Å². The lowest BCUT2D eigenvalue weighted by Crippen LogP contribution is -2.29. The van der Waals surface area contributed by atoms with Crippen molar-refractivity contribution in [3.8, 4) is 0 Å². The number of hydrogen-bond acceptors (Lipinski definition) is 6. The Kier molecular flexibility index (Phi) is 4.78. The first-order valence-electron chi connectivity index (χ1n) is 10.6. The number of aromatic nitrogens is 5. The number of hydrogen-bond donors (Lipinski definition) is 3. The summed E-state index contributed by atoms with van der Waals surface area (Å²) < 4.78 is 1.88. The van der Waals surface area contributed by atoms with Crippen molar-refractivity contribution in [2.24, 2.45) is 0 Å². The number of fused-ring (bicyclic) bond motifs is 2. The average molecular weight is 406 g/mol. The number of benzene rings is 1. The van der Waals surface area contributed by atoms with E-state index < -0.39 is 0 Å². The maximum Gasteiger partial charge on any atom is 0.250 e. The SMILES string of the molecule is CCN(c1ccc2c(C)n[nH]c2c1)c1nc2cccc(N[C@H]3CC[C@@H](O)CC3)n2n1. The molecule has 4 aromatic rings. The molecular weight excluding hydrogens is 378 g/mol. The van der Waals surface area contributed by atoms with Crippen LogP contribution in [0.15, 0.2) is 36.4 Å². The predicted octanol–water partition coefficient (Wildman–Crippen LogP) is 3.79. The Balaban J connectivity index is 1.47. The normalized spacial score (nSPS) is 19.4. The maximum atomic E-state index is 9.76. The van der Waals surface area contributed by atoms with Gasteiger partial charge in [-0.3, -0.25) is 5.10 Å². The molecule has 8 nitrogen and oxygen atoms in total. The predicted molar refractivity (Wildman–Crippen MR) is 118 cm³/mol. The Labute approximate surface area is 174 Å². The number of H-pyrrole nitrogens is 1. The molecule has 3 aromatic heterocycles. The third-order valence-corrected chi connectivity index (χ3v) is 6.00. The molecule has 1 aromatic carbocycles. The first kappa shape index (κ1) is 18.9. The zero-order chi connectivity index (χ0) is 20.7. The molecule has 3 N–H and O–H groups in total. The molecule has 3 heterocycles. The fraction of sp³-hybridized carbons (Fsp3) is 0.409. The molecule has 0 unspecified atom stereocenters. The largest absolute Gasteiger partial charge is 0.393 e. The first-order valence-corrected chi connectivity index (χ1v) is 10.6. The molecule has 0 bridgehead atoms. The summed E-state index contributed by atoms with van der Waals surface area (Å²) in [6, 6.07) is 12.6. The lowest BCUT2D eigenvalue weighted by Gasteiger charge is -2.27. The van der Waals surface area contributed by atoms with E-state index >= 15 is 0 Å². The van der Waals surface area contributed by atoms with Crippen LogP contribution in [0.4, 0.5) is 17.5 Å². The van der Waals surface area contributed by atoms with Crippen molar-refractivity contribution in [1.29, 1.82) is 0 Å². The Morgan fingerprint density at radius 3 is 2.83 bits per heavy atom. The number of aryl methyl sites for hydroxylation is 1. The minimum Gasteiger partial charge on any atom is -0.393 e. The van der Waals surface area contributed by atoms with Gasteiger partial charge in [0.2, 0.25) is 5.95 Å². The zero-order valence-electron chi connectivity index (χ0n) is 17.3. The molecular formula is C22H27N7O. The summed E-state index contributed by atoms with van der Waals surface area (Å²) >= 11 is 0. The minimum absolute atomic E-state index is 0.161. The number of nitrogens with zero attached hydrogens (tertiary/aromatic N) is 5. The van der Waals surface area contributed by atoms with E-state index in [1.807, 2.05) is 29.6 Å². The molecule has 0 atom stereocenters. The third-order valence-electron chi connectivity index (χ3n) is 6.00. The molecule has 0 aliphatic heterocycles. The standard InChI is InChI=1S/C22H27N7O/c1-3-28(16-9-12-18-14(2)25-26-19(18)13-16)22-24-21-6-4-5-20(29(21)27-22)23-15-7-10-17(30)11-8-15/h4-6,9,12-13,15,17,23,30H,3,7-8,10-11H2,1-2H3,(H,25,26)/t15-,17+. The monoisotopic (exact) mass is 405 g/mol. The quantitative estimate of drug-likeness (QED) is 0.468. The molecule has 30 heavy (non-hydrogen) atoms. The van der Waals surface area contributed by atoms with Crippen LogP contribution in [-0.2, 0) is 0 Å². The van der Waals surface area contributed by atoms with E-state index in [0.29, 0.717) is 12.0 Å². The van der Waals surface area contributed by atoms with Crippen molar-refractivity contribution in [3.63, 3.8) is 0 Å². The maximum absolute atomic E-state index is 9.76. The summed E-state index contributed by atoms with van der Waals surface area (Å²) in [4.78, 5) is 6.88. The van der Waals surface area contributed by atoms with E-state index in [2.05, 4.69) is 45.5 Å². The smallest absolute Gasteiger partial charge is 0.250 e. The fourth-order valence-corrected chi connectivity index (χ4v) is 4.30. The summed E-state index contributed by atoms with van der Waals surface area (Å²) in [7, 11) is 0. The van der Waals surface area contributed by atoms with Crippen molar-refractivity contribution in [2.45, 2.75) is 51.7 Å². The molecule has 1 aliphatic carbocycles. The van der Waals surface area contributed by atoms with Crippen LogP contribution in [0.3, 0.4) is 0 Å². The second-order valence-electron chi connectivity index (χ2n) is 8.03. The van der Waals surface area contributed by atoms with Crippen LogP contribution >= 0.6 is 0 Å². The van der Waals surface area contributed by atoms with Gasteiger partial charge in [-0.2, -0.15) is 14.6 Å². The van der Waals surface area contributed by atoms with Crippen LogP contribution in [0.25, 0.3) is 16.6 Å². The van der Waals surface area contributed by atoms with Crippen LogP contribution < -0.4 is 10.2 Å². The van der Waals surface area contributed by atoms with E-state index in [0.717, 1.165) is 66.0 Å². The van der Waals surface area contributed by atoms with Gasteiger partial charge >= 0.3 is 0 Å². The number of rotatable bonds is 5. The first-order chi connectivity index (χ1) is 14.6. The number of anilines is 3. The number of pyridine rings is 1. The summed E-state index contributed by atoms with van der Waals surface area (Å²) in [6.07, 6.45) is 3.45. The second kappa shape index (κ2) is 7.60. The topological polar surface area (TPSA) is 94.4 Å². The molecule has 1 aliphatic rings. The second-order valence-corrected chi connectivity index (χ2v) is 8.03. The molecule has 156 valence electrons. The van der Waals surface area contributed by atoms with E-state index in [1.54, 1.807) is 0 Å². The van der Waals surface area contributed by atoms with Crippen molar-refractivity contribution in [3.05, 3.63) is 42.1 Å². The highest BCUT2D eigenvalue weighted by atomic mass is 16.3. The van der Waals surface area contributed by atoms with Crippen molar-refractivity contribution < 1.29 is 5.11 Å². The zero-order valence-corrected chi connectivity index (χ0v) is 17.3. The van der Waals surface area contributed by atoms with Gasteiger partial charge in [0.25, 0.3) is 0 Å².